The van der Waals surface area contributed by atoms with Gasteiger partial charge in [-0.15, -0.1) is 0 Å². The van der Waals surface area contributed by atoms with Crippen LogP contribution in [-0.2, 0) is 12.6 Å². The van der Waals surface area contributed by atoms with E-state index in [0.717, 1.165) is 12.5 Å². The summed E-state index contributed by atoms with van der Waals surface area (Å²) < 4.78 is 77.4. The monoisotopic (exact) mass is 452 g/mol. The number of carbonyl (C=O) groups excluding carboxylic acids is 1. The third-order valence-corrected chi connectivity index (χ3v) is 5.32. The summed E-state index contributed by atoms with van der Waals surface area (Å²) >= 11 is 0. The van der Waals surface area contributed by atoms with Crippen molar-refractivity contribution in [1.29, 1.82) is 0 Å². The summed E-state index contributed by atoms with van der Waals surface area (Å²) in [5, 5.41) is 0.179. The van der Waals surface area contributed by atoms with Crippen molar-refractivity contribution >= 4 is 16.9 Å². The number of imidazole rings is 1. The fourth-order valence-electron chi connectivity index (χ4n) is 3.93. The number of benzene rings is 1. The number of hydrogen-bond donors (Lipinski definition) is 1. The van der Waals surface area contributed by atoms with Crippen molar-refractivity contribution in [1.82, 2.24) is 19.9 Å². The molecule has 0 fully saturated rings. The maximum atomic E-state index is 13.4. The minimum absolute atomic E-state index is 0.0104. The first-order chi connectivity index (χ1) is 15.3. The van der Waals surface area contributed by atoms with Crippen LogP contribution >= 0.6 is 0 Å². The van der Waals surface area contributed by atoms with Crippen LogP contribution in [0.5, 0.6) is 0 Å². The molecule has 5 rings (SSSR count). The number of amides is 1. The second-order valence-corrected chi connectivity index (χ2v) is 7.16. The number of carbonyl (C=O) groups is 1. The fourth-order valence-corrected chi connectivity index (χ4v) is 3.93. The molecule has 166 valence electrons. The van der Waals surface area contributed by atoms with Crippen LogP contribution < -0.4 is 0 Å². The molecule has 12 heteroatoms. The molecule has 1 N–H and O–H groups in total. The van der Waals surface area contributed by atoms with Crippen LogP contribution in [0.1, 0.15) is 51.4 Å². The molecular formula is C20H13F5N4O3. The van der Waals surface area contributed by atoms with Crippen molar-refractivity contribution in [3.8, 4) is 0 Å². The number of aromatic nitrogens is 3. The van der Waals surface area contributed by atoms with E-state index in [1.54, 1.807) is 0 Å². The largest absolute Gasteiger partial charge is 0.458 e. The Morgan fingerprint density at radius 2 is 2.06 bits per heavy atom. The zero-order valence-electron chi connectivity index (χ0n) is 16.0. The Morgan fingerprint density at radius 1 is 1.25 bits per heavy atom. The maximum Gasteiger partial charge on any atom is 0.420 e. The van der Waals surface area contributed by atoms with E-state index in [9.17, 15) is 26.7 Å². The number of H-pyrrole nitrogens is 1. The van der Waals surface area contributed by atoms with Gasteiger partial charge >= 0.3 is 6.18 Å². The molecule has 32 heavy (non-hydrogen) atoms. The van der Waals surface area contributed by atoms with Crippen molar-refractivity contribution < 1.29 is 35.6 Å². The highest BCUT2D eigenvalue weighted by atomic mass is 19.4. The Kier molecular flexibility index (Phi) is 4.53. The average molecular weight is 452 g/mol. The topological polar surface area (TPSA) is 88.2 Å². The van der Waals surface area contributed by atoms with Crippen LogP contribution in [0.15, 0.2) is 45.8 Å². The van der Waals surface area contributed by atoms with Gasteiger partial charge in [-0.2, -0.15) is 13.2 Å². The second kappa shape index (κ2) is 7.18. The van der Waals surface area contributed by atoms with Gasteiger partial charge in [0.05, 0.1) is 17.6 Å². The molecule has 1 amide bonds. The van der Waals surface area contributed by atoms with Gasteiger partial charge in [-0.05, 0) is 12.1 Å². The summed E-state index contributed by atoms with van der Waals surface area (Å²) in [6, 6.07) is 3.92. The number of halogens is 5. The van der Waals surface area contributed by atoms with Gasteiger partial charge in [0.1, 0.15) is 17.4 Å². The normalized spacial score (nSPS) is 16.7. The van der Waals surface area contributed by atoms with E-state index in [1.807, 2.05) is 0 Å². The van der Waals surface area contributed by atoms with E-state index in [4.69, 9.17) is 8.83 Å². The molecule has 0 aliphatic carbocycles. The van der Waals surface area contributed by atoms with Crippen molar-refractivity contribution in [2.75, 3.05) is 6.54 Å². The second-order valence-electron chi connectivity index (χ2n) is 7.16. The number of nitrogens with one attached hydrogen (secondary N) is 1. The number of hydrogen-bond acceptors (Lipinski definition) is 5. The lowest BCUT2D eigenvalue weighted by Gasteiger charge is -2.33. The van der Waals surface area contributed by atoms with Gasteiger partial charge in [0.2, 0.25) is 5.76 Å². The number of fused-ring (bicyclic) bond motifs is 2. The van der Waals surface area contributed by atoms with Crippen molar-refractivity contribution in [3.05, 3.63) is 71.2 Å². The Balaban J connectivity index is 1.64. The Morgan fingerprint density at radius 3 is 2.81 bits per heavy atom. The zero-order chi connectivity index (χ0) is 22.6. The first-order valence-electron chi connectivity index (χ1n) is 9.40. The molecule has 1 aromatic carbocycles. The summed E-state index contributed by atoms with van der Waals surface area (Å²) in [4.78, 5) is 24.9. The van der Waals surface area contributed by atoms with E-state index < -0.39 is 47.2 Å². The lowest BCUT2D eigenvalue weighted by atomic mass is 9.99. The average Bonchev–Trinajstić information content (AvgIpc) is 3.49. The predicted molar refractivity (Wildman–Crippen MR) is 97.8 cm³/mol. The summed E-state index contributed by atoms with van der Waals surface area (Å²) in [5.41, 5.74) is -1.17. The van der Waals surface area contributed by atoms with Gasteiger partial charge in [-0.25, -0.2) is 18.7 Å². The van der Waals surface area contributed by atoms with Crippen LogP contribution in [0.25, 0.3) is 11.0 Å². The summed E-state index contributed by atoms with van der Waals surface area (Å²) in [6.45, 7) is 0.0608. The summed E-state index contributed by atoms with van der Waals surface area (Å²) in [6.07, 6.45) is -5.25. The van der Waals surface area contributed by atoms with Crippen LogP contribution in [0.3, 0.4) is 0 Å². The minimum atomic E-state index is -4.65. The standard InChI is InChI=1S/C20H13F5N4O3/c21-18(22)14-17(31-8-28-14)19(30)29-5-4-11-13(27-7-26-11)15(29)12-6-9-2-1-3-10(16(9)32-12)20(23,24)25/h1-3,6-8,15,18H,4-5H2,(H,26,27)/t15-/m1/s1. The van der Waals surface area contributed by atoms with Crippen molar-refractivity contribution in [2.24, 2.45) is 0 Å². The van der Waals surface area contributed by atoms with Gasteiger partial charge in [-0.1, -0.05) is 12.1 Å². The Bertz CT molecular complexity index is 1310. The molecule has 7 nitrogen and oxygen atoms in total. The maximum absolute atomic E-state index is 13.4. The molecule has 1 aliphatic rings. The molecule has 4 heterocycles. The van der Waals surface area contributed by atoms with Gasteiger partial charge in [0.15, 0.2) is 12.1 Å². The lowest BCUT2D eigenvalue weighted by Crippen LogP contribution is -2.40. The number of para-hydroxylation sites is 1. The highest BCUT2D eigenvalue weighted by Crippen LogP contribution is 2.41. The number of aromatic amines is 1. The van der Waals surface area contributed by atoms with Crippen LogP contribution in [0.2, 0.25) is 0 Å². The first kappa shape index (κ1) is 20.2. The molecule has 3 aromatic heterocycles. The number of furan rings is 1. The molecule has 0 unspecified atom stereocenters. The highest BCUT2D eigenvalue weighted by Gasteiger charge is 2.40. The van der Waals surface area contributed by atoms with Crippen LogP contribution in [0, 0.1) is 0 Å². The minimum Gasteiger partial charge on any atom is -0.458 e. The van der Waals surface area contributed by atoms with Gasteiger partial charge in [0.25, 0.3) is 12.3 Å². The highest BCUT2D eigenvalue weighted by molar-refractivity contribution is 5.93. The molecule has 0 bridgehead atoms. The smallest absolute Gasteiger partial charge is 0.420 e. The quantitative estimate of drug-likeness (QED) is 0.448. The van der Waals surface area contributed by atoms with Gasteiger partial charge in [-0.3, -0.25) is 4.79 Å². The van der Waals surface area contributed by atoms with E-state index in [1.165, 1.54) is 29.4 Å². The molecule has 4 aromatic rings. The summed E-state index contributed by atoms with van der Waals surface area (Å²) in [7, 11) is 0. The van der Waals surface area contributed by atoms with E-state index in [-0.39, 0.29) is 17.7 Å². The lowest BCUT2D eigenvalue weighted by molar-refractivity contribution is -0.136. The number of nitrogens with zero attached hydrogens (tertiary/aromatic N) is 3. The van der Waals surface area contributed by atoms with Crippen molar-refractivity contribution in [3.63, 3.8) is 0 Å². The SMILES string of the molecule is O=C(c1ocnc1C(F)F)N1CCc2[nH]cnc2[C@H]1c1cc2cccc(C(F)(F)F)c2o1. The molecule has 0 radical (unpaired) electrons. The Hall–Kier alpha value is -3.70. The van der Waals surface area contributed by atoms with Crippen LogP contribution in [0.4, 0.5) is 22.0 Å². The van der Waals surface area contributed by atoms with E-state index in [0.29, 0.717) is 17.8 Å². The first-order valence-corrected chi connectivity index (χ1v) is 9.40. The predicted octanol–water partition coefficient (Wildman–Crippen LogP) is 4.89. The zero-order valence-corrected chi connectivity index (χ0v) is 16.0. The van der Waals surface area contributed by atoms with Gasteiger partial charge < -0.3 is 18.7 Å². The number of rotatable bonds is 3. The molecule has 0 saturated heterocycles. The number of oxazole rings is 1. The Labute approximate surface area is 175 Å². The number of alkyl halides is 5. The molecule has 1 aliphatic heterocycles. The van der Waals surface area contributed by atoms with E-state index >= 15 is 0 Å². The molecular weight excluding hydrogens is 439 g/mol. The molecule has 0 saturated carbocycles. The summed E-state index contributed by atoms with van der Waals surface area (Å²) in [5.74, 6) is -1.53. The third-order valence-electron chi connectivity index (χ3n) is 5.32. The fraction of sp³-hybridized carbons (Fsp3) is 0.250. The van der Waals surface area contributed by atoms with Gasteiger partial charge in [0, 0.05) is 24.0 Å². The van der Waals surface area contributed by atoms with Crippen LogP contribution in [-0.4, -0.2) is 32.3 Å². The third kappa shape index (κ3) is 3.13. The van der Waals surface area contributed by atoms with E-state index in [2.05, 4.69) is 15.0 Å². The molecule has 1 atom stereocenters. The van der Waals surface area contributed by atoms with Crippen molar-refractivity contribution in [2.45, 2.75) is 25.1 Å². The molecule has 0 spiro atoms.